The maximum Gasteiger partial charge on any atom is 0.174 e. The summed E-state index contributed by atoms with van der Waals surface area (Å²) in [5.41, 5.74) is 1.63. The molecule has 7 heteroatoms. The van der Waals surface area contributed by atoms with Crippen LogP contribution in [0, 0.1) is 11.6 Å². The molecule has 0 aliphatic carbocycles. The van der Waals surface area contributed by atoms with Crippen molar-refractivity contribution in [3.05, 3.63) is 39.3 Å². The van der Waals surface area contributed by atoms with Gasteiger partial charge in [-0.15, -0.1) is 10.2 Å². The van der Waals surface area contributed by atoms with E-state index in [1.54, 1.807) is 5.51 Å². The summed E-state index contributed by atoms with van der Waals surface area (Å²) in [7, 11) is 0. The van der Waals surface area contributed by atoms with Gasteiger partial charge in [-0.2, -0.15) is 0 Å². The van der Waals surface area contributed by atoms with Crippen molar-refractivity contribution in [3.8, 4) is 0 Å². The van der Waals surface area contributed by atoms with E-state index in [9.17, 15) is 8.78 Å². The van der Waals surface area contributed by atoms with E-state index in [0.29, 0.717) is 4.34 Å². The predicted octanol–water partition coefficient (Wildman–Crippen LogP) is 3.87. The van der Waals surface area contributed by atoms with Crippen molar-refractivity contribution in [2.75, 3.05) is 0 Å². The van der Waals surface area contributed by atoms with Crippen molar-refractivity contribution in [2.24, 2.45) is 0 Å². The van der Waals surface area contributed by atoms with Gasteiger partial charge in [0.1, 0.15) is 17.1 Å². The van der Waals surface area contributed by atoms with Crippen LogP contribution in [0.4, 0.5) is 8.78 Å². The average molecular weight is 323 g/mol. The number of thioether (sulfide) groups is 1. The second kappa shape index (κ2) is 5.20. The molecule has 0 aliphatic rings. The van der Waals surface area contributed by atoms with Gasteiger partial charge in [0.2, 0.25) is 0 Å². The van der Waals surface area contributed by atoms with Gasteiger partial charge in [0.05, 0.1) is 4.47 Å². The van der Waals surface area contributed by atoms with Gasteiger partial charge in [-0.05, 0) is 28.1 Å². The highest BCUT2D eigenvalue weighted by atomic mass is 79.9. The number of nitrogens with zero attached hydrogens (tertiary/aromatic N) is 2. The minimum atomic E-state index is -0.558. The average Bonchev–Trinajstić information content (AvgIpc) is 2.77. The van der Waals surface area contributed by atoms with Gasteiger partial charge >= 0.3 is 0 Å². The summed E-state index contributed by atoms with van der Waals surface area (Å²) in [5.74, 6) is -0.901. The third kappa shape index (κ3) is 2.58. The van der Waals surface area contributed by atoms with Crippen LogP contribution in [0.2, 0.25) is 0 Å². The second-order valence-electron chi connectivity index (χ2n) is 2.82. The maximum atomic E-state index is 13.6. The predicted molar refractivity (Wildman–Crippen MR) is 63.5 cm³/mol. The first-order chi connectivity index (χ1) is 7.68. The first-order valence-electron chi connectivity index (χ1n) is 4.20. The van der Waals surface area contributed by atoms with E-state index in [0.717, 1.165) is 0 Å². The quantitative estimate of drug-likeness (QED) is 0.633. The lowest BCUT2D eigenvalue weighted by atomic mass is 10.2. The molecule has 0 saturated carbocycles. The van der Waals surface area contributed by atoms with E-state index in [2.05, 4.69) is 26.1 Å². The number of halogens is 3. The molecule has 0 atom stereocenters. The monoisotopic (exact) mass is 322 g/mol. The molecule has 16 heavy (non-hydrogen) atoms. The van der Waals surface area contributed by atoms with Gasteiger partial charge in [0.15, 0.2) is 4.34 Å². The molecule has 0 N–H and O–H groups in total. The molecule has 0 aliphatic heterocycles. The molecular formula is C9H5BrF2N2S2. The van der Waals surface area contributed by atoms with Crippen molar-refractivity contribution >= 4 is 39.0 Å². The summed E-state index contributed by atoms with van der Waals surface area (Å²) in [6, 6.07) is 2.59. The van der Waals surface area contributed by atoms with Gasteiger partial charge in [-0.1, -0.05) is 23.1 Å². The zero-order valence-electron chi connectivity index (χ0n) is 7.78. The summed E-state index contributed by atoms with van der Waals surface area (Å²) in [4.78, 5) is 0. The molecule has 0 saturated heterocycles. The molecular weight excluding hydrogens is 318 g/mol. The SMILES string of the molecule is Fc1ccc(Br)c(F)c1CSc1nncs1. The van der Waals surface area contributed by atoms with Gasteiger partial charge in [0.25, 0.3) is 0 Å². The lowest BCUT2D eigenvalue weighted by Crippen LogP contribution is -1.94. The molecule has 1 aromatic carbocycles. The smallest absolute Gasteiger partial charge is 0.174 e. The highest BCUT2D eigenvalue weighted by Crippen LogP contribution is 2.29. The van der Waals surface area contributed by atoms with Crippen LogP contribution in [0.15, 0.2) is 26.5 Å². The molecule has 2 rings (SSSR count). The van der Waals surface area contributed by atoms with Crippen LogP contribution < -0.4 is 0 Å². The van der Waals surface area contributed by atoms with Crippen LogP contribution in [0.1, 0.15) is 5.56 Å². The number of aromatic nitrogens is 2. The zero-order valence-corrected chi connectivity index (χ0v) is 11.0. The second-order valence-corrected chi connectivity index (χ2v) is 5.73. The van der Waals surface area contributed by atoms with E-state index in [4.69, 9.17) is 0 Å². The first kappa shape index (κ1) is 11.9. The summed E-state index contributed by atoms with van der Waals surface area (Å²) in [6.45, 7) is 0. The van der Waals surface area contributed by atoms with Gasteiger partial charge in [0, 0.05) is 11.3 Å². The molecule has 1 aromatic heterocycles. The number of benzene rings is 1. The Kier molecular flexibility index (Phi) is 3.88. The molecule has 0 amide bonds. The van der Waals surface area contributed by atoms with Gasteiger partial charge < -0.3 is 0 Å². The molecule has 0 bridgehead atoms. The summed E-state index contributed by atoms with van der Waals surface area (Å²) < 4.78 is 27.9. The maximum absolute atomic E-state index is 13.6. The molecule has 1 heterocycles. The fourth-order valence-electron chi connectivity index (χ4n) is 1.06. The fourth-order valence-corrected chi connectivity index (χ4v) is 2.93. The van der Waals surface area contributed by atoms with Crippen molar-refractivity contribution in [1.82, 2.24) is 10.2 Å². The van der Waals surface area contributed by atoms with E-state index >= 15 is 0 Å². The standard InChI is InChI=1S/C9H5BrF2N2S2/c10-6-1-2-7(11)5(8(6)12)3-15-9-14-13-4-16-9/h1-2,4H,3H2. The molecule has 0 radical (unpaired) electrons. The van der Waals surface area contributed by atoms with Crippen molar-refractivity contribution in [2.45, 2.75) is 10.1 Å². The minimum absolute atomic E-state index is 0.0505. The topological polar surface area (TPSA) is 25.8 Å². The molecule has 0 fully saturated rings. The highest BCUT2D eigenvalue weighted by molar-refractivity contribution is 9.10. The summed E-state index contributed by atoms with van der Waals surface area (Å²) in [5, 5.41) is 7.44. The molecule has 0 unspecified atom stereocenters. The van der Waals surface area contributed by atoms with Crippen LogP contribution in [-0.2, 0) is 5.75 Å². The highest BCUT2D eigenvalue weighted by Gasteiger charge is 2.13. The Morgan fingerprint density at radius 2 is 2.19 bits per heavy atom. The van der Waals surface area contributed by atoms with Crippen LogP contribution in [0.3, 0.4) is 0 Å². The Morgan fingerprint density at radius 3 is 2.88 bits per heavy atom. The van der Waals surface area contributed by atoms with Crippen LogP contribution in [0.5, 0.6) is 0 Å². The lowest BCUT2D eigenvalue weighted by molar-refractivity contribution is 0.562. The van der Waals surface area contributed by atoms with E-state index < -0.39 is 11.6 Å². The Labute approximate surface area is 107 Å². The van der Waals surface area contributed by atoms with Crippen molar-refractivity contribution in [3.63, 3.8) is 0 Å². The first-order valence-corrected chi connectivity index (χ1v) is 6.85. The largest absolute Gasteiger partial charge is 0.207 e. The van der Waals surface area contributed by atoms with Crippen LogP contribution >= 0.6 is 39.0 Å². The van der Waals surface area contributed by atoms with E-state index in [-0.39, 0.29) is 15.8 Å². The Bertz CT molecular complexity index is 491. The summed E-state index contributed by atoms with van der Waals surface area (Å²) in [6.07, 6.45) is 0. The van der Waals surface area contributed by atoms with E-state index in [1.807, 2.05) is 0 Å². The van der Waals surface area contributed by atoms with Gasteiger partial charge in [-0.25, -0.2) is 8.78 Å². The van der Waals surface area contributed by atoms with Crippen LogP contribution in [0.25, 0.3) is 0 Å². The minimum Gasteiger partial charge on any atom is -0.207 e. The molecule has 0 spiro atoms. The third-order valence-electron chi connectivity index (χ3n) is 1.82. The molecule has 84 valence electrons. The molecule has 2 nitrogen and oxygen atoms in total. The lowest BCUT2D eigenvalue weighted by Gasteiger charge is -2.04. The fraction of sp³-hybridized carbons (Fsp3) is 0.111. The van der Waals surface area contributed by atoms with Crippen molar-refractivity contribution in [1.29, 1.82) is 0 Å². The normalized spacial score (nSPS) is 10.7. The summed E-state index contributed by atoms with van der Waals surface area (Å²) >= 11 is 5.63. The Balaban J connectivity index is 2.18. The van der Waals surface area contributed by atoms with Crippen molar-refractivity contribution < 1.29 is 8.78 Å². The Hall–Kier alpha value is -0.530. The zero-order chi connectivity index (χ0) is 11.5. The number of hydrogen-bond donors (Lipinski definition) is 0. The third-order valence-corrected chi connectivity index (χ3v) is 4.32. The van der Waals surface area contributed by atoms with Crippen LogP contribution in [-0.4, -0.2) is 10.2 Å². The Morgan fingerprint density at radius 1 is 1.38 bits per heavy atom. The van der Waals surface area contributed by atoms with E-state index in [1.165, 1.54) is 35.2 Å². The number of hydrogen-bond acceptors (Lipinski definition) is 4. The number of rotatable bonds is 3. The van der Waals surface area contributed by atoms with Gasteiger partial charge in [-0.3, -0.25) is 0 Å². The molecule has 2 aromatic rings.